The topological polar surface area (TPSA) is 89.1 Å². The Morgan fingerprint density at radius 2 is 2.00 bits per heavy atom. The van der Waals surface area contributed by atoms with Crippen LogP contribution < -0.4 is 16.9 Å². The van der Waals surface area contributed by atoms with Crippen LogP contribution in [0.2, 0.25) is 0 Å². The van der Waals surface area contributed by atoms with Crippen LogP contribution in [0.1, 0.15) is 0 Å². The van der Waals surface area contributed by atoms with Crippen molar-refractivity contribution in [3.05, 3.63) is 40.8 Å². The van der Waals surface area contributed by atoms with Gasteiger partial charge in [0.05, 0.1) is 5.69 Å². The highest BCUT2D eigenvalue weighted by Gasteiger charge is 2.13. The summed E-state index contributed by atoms with van der Waals surface area (Å²) in [5.74, 6) is 0.0526. The van der Waals surface area contributed by atoms with Crippen LogP contribution in [0.15, 0.2) is 35.1 Å². The Balaban J connectivity index is 2.39. The first-order valence-electron chi connectivity index (χ1n) is 5.26. The van der Waals surface area contributed by atoms with Gasteiger partial charge in [0.2, 0.25) is 5.95 Å². The molecule has 2 heterocycles. The molecule has 1 aromatic carbocycles. The summed E-state index contributed by atoms with van der Waals surface area (Å²) in [6, 6.07) is 9.35. The van der Waals surface area contributed by atoms with Gasteiger partial charge in [-0.05, 0) is 11.0 Å². The second-order valence-electron chi connectivity index (χ2n) is 3.79. The predicted molar refractivity (Wildman–Crippen MR) is 68.8 cm³/mol. The molecule has 18 heavy (non-hydrogen) atoms. The number of aromatic nitrogens is 4. The summed E-state index contributed by atoms with van der Waals surface area (Å²) in [4.78, 5) is 15.6. The van der Waals surface area contributed by atoms with Crippen molar-refractivity contribution in [2.24, 2.45) is 0 Å². The predicted octanol–water partition coefficient (Wildman–Crippen LogP) is -0.539. The zero-order valence-electron chi connectivity index (χ0n) is 9.29. The Morgan fingerprint density at radius 3 is 2.72 bits per heavy atom. The molecule has 6 nitrogen and oxygen atoms in total. The molecule has 7 heteroatoms. The van der Waals surface area contributed by atoms with Crippen LogP contribution in [-0.2, 0) is 0 Å². The zero-order chi connectivity index (χ0) is 12.7. The molecule has 0 saturated heterocycles. The SMILES string of the molecule is [B]c1c(-c2ccccc2)nc(N)n2c(=O)[nH]nc12. The molecular weight excluding hydrogens is 229 g/mol. The lowest BCUT2D eigenvalue weighted by atomic mass is 9.92. The fourth-order valence-corrected chi connectivity index (χ4v) is 1.84. The van der Waals surface area contributed by atoms with E-state index in [4.69, 9.17) is 13.6 Å². The third-order valence-electron chi connectivity index (χ3n) is 2.67. The molecule has 0 bridgehead atoms. The maximum absolute atomic E-state index is 11.5. The normalized spacial score (nSPS) is 10.9. The van der Waals surface area contributed by atoms with Gasteiger partial charge in [-0.1, -0.05) is 30.3 Å². The fourth-order valence-electron chi connectivity index (χ4n) is 1.84. The van der Waals surface area contributed by atoms with Crippen molar-refractivity contribution >= 4 is 24.9 Å². The highest BCUT2D eigenvalue weighted by molar-refractivity contribution is 6.39. The number of hydrogen-bond acceptors (Lipinski definition) is 4. The van der Waals surface area contributed by atoms with Crippen molar-refractivity contribution in [1.29, 1.82) is 0 Å². The monoisotopic (exact) mass is 237 g/mol. The number of nitrogens with one attached hydrogen (secondary N) is 1. The van der Waals surface area contributed by atoms with E-state index in [0.717, 1.165) is 9.96 Å². The van der Waals surface area contributed by atoms with Crippen LogP contribution in [0.25, 0.3) is 16.9 Å². The fraction of sp³-hybridized carbons (Fsp3) is 0. The van der Waals surface area contributed by atoms with Gasteiger partial charge in [-0.15, -0.1) is 0 Å². The molecule has 0 unspecified atom stereocenters. The second kappa shape index (κ2) is 3.73. The first kappa shape index (κ1) is 10.6. The summed E-state index contributed by atoms with van der Waals surface area (Å²) in [7, 11) is 5.97. The number of H-pyrrole nitrogens is 1. The minimum atomic E-state index is -0.457. The summed E-state index contributed by atoms with van der Waals surface area (Å²) in [5, 5.41) is 6.14. The van der Waals surface area contributed by atoms with E-state index in [9.17, 15) is 4.79 Å². The summed E-state index contributed by atoms with van der Waals surface area (Å²) in [5.41, 5.74) is 7.22. The zero-order valence-corrected chi connectivity index (χ0v) is 9.29. The van der Waals surface area contributed by atoms with Crippen LogP contribution in [0.4, 0.5) is 5.95 Å². The number of anilines is 1. The molecule has 0 aliphatic heterocycles. The number of benzene rings is 1. The Kier molecular flexibility index (Phi) is 2.19. The van der Waals surface area contributed by atoms with E-state index in [-0.39, 0.29) is 11.6 Å². The number of hydrogen-bond donors (Lipinski definition) is 2. The first-order valence-corrected chi connectivity index (χ1v) is 5.26. The molecule has 0 saturated carbocycles. The Labute approximate surface area is 103 Å². The number of nitrogen functional groups attached to an aromatic ring is 1. The van der Waals surface area contributed by atoms with Crippen LogP contribution in [-0.4, -0.2) is 27.4 Å². The quantitative estimate of drug-likeness (QED) is 0.556. The van der Waals surface area contributed by atoms with E-state index in [0.29, 0.717) is 11.2 Å². The third-order valence-corrected chi connectivity index (χ3v) is 2.67. The number of nitrogens with two attached hydrogens (primary N) is 1. The second-order valence-corrected chi connectivity index (χ2v) is 3.79. The highest BCUT2D eigenvalue weighted by atomic mass is 16.1. The molecule has 0 aliphatic carbocycles. The van der Waals surface area contributed by atoms with Crippen molar-refractivity contribution in [2.75, 3.05) is 5.73 Å². The molecule has 2 aromatic heterocycles. The largest absolute Gasteiger partial charge is 0.369 e. The van der Waals surface area contributed by atoms with Crippen molar-refractivity contribution in [1.82, 2.24) is 19.6 Å². The average Bonchev–Trinajstić information content (AvgIpc) is 2.78. The average molecular weight is 237 g/mol. The van der Waals surface area contributed by atoms with Crippen LogP contribution >= 0.6 is 0 Å². The lowest BCUT2D eigenvalue weighted by molar-refractivity contribution is 1.01. The molecule has 0 spiro atoms. The summed E-state index contributed by atoms with van der Waals surface area (Å²) >= 11 is 0. The van der Waals surface area contributed by atoms with Gasteiger partial charge in [0.15, 0.2) is 5.65 Å². The number of aromatic amines is 1. The van der Waals surface area contributed by atoms with E-state index >= 15 is 0 Å². The summed E-state index contributed by atoms with van der Waals surface area (Å²) in [6.45, 7) is 0. The molecular formula is C11H8BN5O. The van der Waals surface area contributed by atoms with Crippen molar-refractivity contribution < 1.29 is 0 Å². The maximum Gasteiger partial charge on any atom is 0.350 e. The Morgan fingerprint density at radius 1 is 1.28 bits per heavy atom. The third kappa shape index (κ3) is 1.41. The van der Waals surface area contributed by atoms with Gasteiger partial charge >= 0.3 is 5.69 Å². The lowest BCUT2D eigenvalue weighted by Crippen LogP contribution is -2.21. The summed E-state index contributed by atoms with van der Waals surface area (Å²) < 4.78 is 1.14. The molecule has 0 amide bonds. The van der Waals surface area contributed by atoms with Gasteiger partial charge in [-0.2, -0.15) is 5.10 Å². The lowest BCUT2D eigenvalue weighted by Gasteiger charge is -2.08. The number of fused-ring (bicyclic) bond motifs is 1. The summed E-state index contributed by atoms with van der Waals surface area (Å²) in [6.07, 6.45) is 0. The van der Waals surface area contributed by atoms with E-state index in [1.165, 1.54) is 0 Å². The van der Waals surface area contributed by atoms with Gasteiger partial charge in [0.25, 0.3) is 0 Å². The van der Waals surface area contributed by atoms with E-state index in [2.05, 4.69) is 15.2 Å². The molecule has 3 rings (SSSR count). The van der Waals surface area contributed by atoms with Gasteiger partial charge in [-0.25, -0.2) is 19.3 Å². The van der Waals surface area contributed by atoms with E-state index in [1.54, 1.807) is 0 Å². The van der Waals surface area contributed by atoms with Crippen molar-refractivity contribution in [2.45, 2.75) is 0 Å². The van der Waals surface area contributed by atoms with Gasteiger partial charge in [-0.3, -0.25) is 0 Å². The standard InChI is InChI=1S/C11H8BN5O/c12-7-8(6-4-2-1-3-5-6)14-10(13)17-9(7)15-16-11(17)18/h1-5H,(H2,13,14)(H,16,18). The van der Waals surface area contributed by atoms with Crippen LogP contribution in [0.5, 0.6) is 0 Å². The molecule has 0 atom stereocenters. The minimum Gasteiger partial charge on any atom is -0.369 e. The van der Waals surface area contributed by atoms with Gasteiger partial charge < -0.3 is 5.73 Å². The minimum absolute atomic E-state index is 0.0526. The van der Waals surface area contributed by atoms with Gasteiger partial charge in [0.1, 0.15) is 7.85 Å². The highest BCUT2D eigenvalue weighted by Crippen LogP contribution is 2.16. The molecule has 3 N–H and O–H groups in total. The molecule has 0 aliphatic rings. The molecule has 2 radical (unpaired) electrons. The molecule has 3 aromatic rings. The Hall–Kier alpha value is -2.57. The number of rotatable bonds is 1. The Bertz CT molecular complexity index is 777. The molecule has 0 fully saturated rings. The van der Waals surface area contributed by atoms with E-state index in [1.807, 2.05) is 30.3 Å². The van der Waals surface area contributed by atoms with Crippen LogP contribution in [0.3, 0.4) is 0 Å². The van der Waals surface area contributed by atoms with Crippen molar-refractivity contribution in [3.8, 4) is 11.3 Å². The number of nitrogens with zero attached hydrogens (tertiary/aromatic N) is 3. The molecule has 86 valence electrons. The smallest absolute Gasteiger partial charge is 0.350 e. The maximum atomic E-state index is 11.5. The van der Waals surface area contributed by atoms with Crippen molar-refractivity contribution in [3.63, 3.8) is 0 Å². The van der Waals surface area contributed by atoms with E-state index < -0.39 is 5.69 Å². The first-order chi connectivity index (χ1) is 8.68. The van der Waals surface area contributed by atoms with Gasteiger partial charge in [0, 0.05) is 0 Å². The van der Waals surface area contributed by atoms with Crippen LogP contribution in [0, 0.1) is 0 Å².